The van der Waals surface area contributed by atoms with Crippen LogP contribution in [0.2, 0.25) is 0 Å². The van der Waals surface area contributed by atoms with Gasteiger partial charge >= 0.3 is 0 Å². The summed E-state index contributed by atoms with van der Waals surface area (Å²) in [5.74, 6) is 0.707. The van der Waals surface area contributed by atoms with E-state index in [1.165, 1.54) is 30.0 Å². The molecular weight excluding hydrogens is 323 g/mol. The van der Waals surface area contributed by atoms with Crippen LogP contribution in [0.3, 0.4) is 0 Å². The van der Waals surface area contributed by atoms with Gasteiger partial charge in [-0.3, -0.25) is 4.90 Å². The predicted octanol–water partition coefficient (Wildman–Crippen LogP) is 4.24. The van der Waals surface area contributed by atoms with Crippen molar-refractivity contribution in [1.29, 1.82) is 0 Å². The Kier molecular flexibility index (Phi) is 10.8. The van der Waals surface area contributed by atoms with Crippen LogP contribution < -0.4 is 5.32 Å². The zero-order chi connectivity index (χ0) is 13.7. The summed E-state index contributed by atoms with van der Waals surface area (Å²) in [6.07, 6.45) is 3.37. The number of thioether (sulfide) groups is 1. The third-order valence-corrected chi connectivity index (χ3v) is 4.93. The minimum atomic E-state index is 0. The molecule has 1 saturated heterocycles. The average molecular weight is 351 g/mol. The second kappa shape index (κ2) is 10.7. The van der Waals surface area contributed by atoms with Crippen LogP contribution in [-0.4, -0.2) is 37.3 Å². The Hall–Kier alpha value is 0.0700. The number of hydrogen-bond acceptors (Lipinski definition) is 3. The van der Waals surface area contributed by atoms with Gasteiger partial charge in [0, 0.05) is 37.1 Å². The summed E-state index contributed by atoms with van der Waals surface area (Å²) < 4.78 is 0. The van der Waals surface area contributed by atoms with Gasteiger partial charge in [0.05, 0.1) is 0 Å². The van der Waals surface area contributed by atoms with Crippen molar-refractivity contribution in [3.63, 3.8) is 0 Å². The van der Waals surface area contributed by atoms with Crippen molar-refractivity contribution in [2.75, 3.05) is 32.4 Å². The van der Waals surface area contributed by atoms with Crippen LogP contribution >= 0.6 is 36.6 Å². The summed E-state index contributed by atoms with van der Waals surface area (Å²) in [6, 6.07) is 9.74. The summed E-state index contributed by atoms with van der Waals surface area (Å²) in [5.41, 5.74) is 1.48. The molecule has 2 atom stereocenters. The molecule has 2 nitrogen and oxygen atoms in total. The second-order valence-electron chi connectivity index (χ2n) is 5.39. The van der Waals surface area contributed by atoms with Crippen molar-refractivity contribution in [2.45, 2.75) is 31.2 Å². The number of piperazine rings is 1. The summed E-state index contributed by atoms with van der Waals surface area (Å²) in [4.78, 5) is 4.01. The van der Waals surface area contributed by atoms with Gasteiger partial charge in [-0.25, -0.2) is 0 Å². The molecule has 0 amide bonds. The van der Waals surface area contributed by atoms with Crippen molar-refractivity contribution >= 4 is 36.6 Å². The van der Waals surface area contributed by atoms with E-state index in [2.05, 4.69) is 54.6 Å². The zero-order valence-electron chi connectivity index (χ0n) is 13.2. The third kappa shape index (κ3) is 5.65. The van der Waals surface area contributed by atoms with E-state index in [0.717, 1.165) is 13.1 Å². The molecule has 0 bridgehead atoms. The molecule has 122 valence electrons. The molecule has 0 aliphatic carbocycles. The summed E-state index contributed by atoms with van der Waals surface area (Å²) in [7, 11) is 0. The Bertz CT molecular complexity index is 380. The number of nitrogens with one attached hydrogen (secondary N) is 1. The molecule has 1 unspecified atom stereocenters. The molecule has 1 aromatic carbocycles. The van der Waals surface area contributed by atoms with E-state index < -0.39 is 0 Å². The Morgan fingerprint density at radius 2 is 1.71 bits per heavy atom. The van der Waals surface area contributed by atoms with Crippen LogP contribution in [0.4, 0.5) is 0 Å². The Morgan fingerprint density at radius 1 is 1.14 bits per heavy atom. The standard InChI is InChI=1S/C16H26N2S.2ClH/c1-4-13(2)16(18-11-9-17-10-12-18)14-5-7-15(19-3)8-6-14;;/h5-8,13,16-17H,4,9-12H2,1-3H3;2*1H/t13?,16-;;/m0../s1. The van der Waals surface area contributed by atoms with Crippen LogP contribution in [0.5, 0.6) is 0 Å². The molecule has 1 fully saturated rings. The smallest absolute Gasteiger partial charge is 0.0374 e. The van der Waals surface area contributed by atoms with Crippen LogP contribution in [0, 0.1) is 5.92 Å². The molecule has 0 radical (unpaired) electrons. The first-order chi connectivity index (χ1) is 9.26. The Labute approximate surface area is 146 Å². The SMILES string of the molecule is CCC(C)[C@@H](c1ccc(SC)cc1)N1CCNCC1.Cl.Cl. The van der Waals surface area contributed by atoms with Gasteiger partial charge in [0.2, 0.25) is 0 Å². The number of benzene rings is 1. The molecule has 1 N–H and O–H groups in total. The molecule has 0 saturated carbocycles. The van der Waals surface area contributed by atoms with Crippen molar-refractivity contribution < 1.29 is 0 Å². The molecule has 0 spiro atoms. The molecule has 0 aromatic heterocycles. The molecule has 1 aliphatic rings. The lowest BCUT2D eigenvalue weighted by Crippen LogP contribution is -2.46. The quantitative estimate of drug-likeness (QED) is 0.799. The first-order valence-electron chi connectivity index (χ1n) is 7.35. The highest BCUT2D eigenvalue weighted by molar-refractivity contribution is 7.98. The van der Waals surface area contributed by atoms with E-state index in [0.29, 0.717) is 12.0 Å². The minimum Gasteiger partial charge on any atom is -0.314 e. The molecule has 5 heteroatoms. The Balaban J connectivity index is 0.00000200. The maximum absolute atomic E-state index is 3.45. The van der Waals surface area contributed by atoms with Crippen LogP contribution in [-0.2, 0) is 0 Å². The number of nitrogens with zero attached hydrogens (tertiary/aromatic N) is 1. The van der Waals surface area contributed by atoms with Gasteiger partial charge in [-0.05, 0) is 29.9 Å². The first kappa shape index (κ1) is 21.1. The van der Waals surface area contributed by atoms with Gasteiger partial charge in [-0.2, -0.15) is 0 Å². The zero-order valence-corrected chi connectivity index (χ0v) is 15.6. The lowest BCUT2D eigenvalue weighted by molar-refractivity contribution is 0.128. The van der Waals surface area contributed by atoms with Crippen molar-refractivity contribution in [3.8, 4) is 0 Å². The van der Waals surface area contributed by atoms with E-state index in [9.17, 15) is 0 Å². The van der Waals surface area contributed by atoms with Gasteiger partial charge in [0.1, 0.15) is 0 Å². The number of hydrogen-bond donors (Lipinski definition) is 1. The van der Waals surface area contributed by atoms with Gasteiger partial charge in [0.25, 0.3) is 0 Å². The maximum atomic E-state index is 3.45. The normalized spacial score (nSPS) is 18.2. The Morgan fingerprint density at radius 3 is 2.19 bits per heavy atom. The third-order valence-electron chi connectivity index (χ3n) is 4.19. The first-order valence-corrected chi connectivity index (χ1v) is 8.57. The van der Waals surface area contributed by atoms with Crippen molar-refractivity contribution in [1.82, 2.24) is 10.2 Å². The predicted molar refractivity (Wildman–Crippen MR) is 99.4 cm³/mol. The van der Waals surface area contributed by atoms with E-state index in [4.69, 9.17) is 0 Å². The van der Waals surface area contributed by atoms with Crippen molar-refractivity contribution in [2.24, 2.45) is 5.92 Å². The monoisotopic (exact) mass is 350 g/mol. The number of halogens is 2. The molecule has 21 heavy (non-hydrogen) atoms. The van der Waals surface area contributed by atoms with Gasteiger partial charge < -0.3 is 5.32 Å². The lowest BCUT2D eigenvalue weighted by atomic mass is 9.90. The van der Waals surface area contributed by atoms with Gasteiger partial charge in [-0.15, -0.1) is 36.6 Å². The largest absolute Gasteiger partial charge is 0.314 e. The molecule has 1 aromatic rings. The molecule has 1 aliphatic heterocycles. The van der Waals surface area contributed by atoms with Gasteiger partial charge in [0.15, 0.2) is 0 Å². The van der Waals surface area contributed by atoms with E-state index in [1.807, 2.05) is 11.8 Å². The maximum Gasteiger partial charge on any atom is 0.0374 e. The van der Waals surface area contributed by atoms with E-state index in [1.54, 1.807) is 0 Å². The molecule has 2 rings (SSSR count). The number of rotatable bonds is 5. The van der Waals surface area contributed by atoms with Gasteiger partial charge in [-0.1, -0.05) is 32.4 Å². The molecule has 1 heterocycles. The van der Waals surface area contributed by atoms with Crippen LogP contribution in [0.15, 0.2) is 29.2 Å². The fourth-order valence-electron chi connectivity index (χ4n) is 2.88. The fourth-order valence-corrected chi connectivity index (χ4v) is 3.29. The molecular formula is C16H28Cl2N2S. The van der Waals surface area contributed by atoms with Crippen LogP contribution in [0.1, 0.15) is 31.9 Å². The van der Waals surface area contributed by atoms with Crippen LogP contribution in [0.25, 0.3) is 0 Å². The highest BCUT2D eigenvalue weighted by Crippen LogP contribution is 2.31. The lowest BCUT2D eigenvalue weighted by Gasteiger charge is -2.38. The summed E-state index contributed by atoms with van der Waals surface area (Å²) in [5, 5.41) is 3.45. The summed E-state index contributed by atoms with van der Waals surface area (Å²) >= 11 is 1.82. The summed E-state index contributed by atoms with van der Waals surface area (Å²) in [6.45, 7) is 9.26. The fraction of sp³-hybridized carbons (Fsp3) is 0.625. The average Bonchev–Trinajstić information content (AvgIpc) is 2.49. The second-order valence-corrected chi connectivity index (χ2v) is 6.27. The van der Waals surface area contributed by atoms with Crippen molar-refractivity contribution in [3.05, 3.63) is 29.8 Å². The minimum absolute atomic E-state index is 0. The van der Waals surface area contributed by atoms with E-state index >= 15 is 0 Å². The van der Waals surface area contributed by atoms with E-state index in [-0.39, 0.29) is 24.8 Å². The highest BCUT2D eigenvalue weighted by atomic mass is 35.5. The topological polar surface area (TPSA) is 15.3 Å². The highest BCUT2D eigenvalue weighted by Gasteiger charge is 2.26.